The summed E-state index contributed by atoms with van der Waals surface area (Å²) in [6.45, 7) is 4.33. The van der Waals surface area contributed by atoms with Crippen molar-refractivity contribution in [3.63, 3.8) is 0 Å². The molecule has 6 heteroatoms. The number of aromatic nitrogens is 3. The molecule has 106 valence electrons. The molecule has 5 nitrogen and oxygen atoms in total. The van der Waals surface area contributed by atoms with Gasteiger partial charge in [0.2, 0.25) is 0 Å². The zero-order chi connectivity index (χ0) is 13.8. The van der Waals surface area contributed by atoms with Crippen molar-refractivity contribution in [3.05, 3.63) is 5.82 Å². The molecule has 0 saturated heterocycles. The van der Waals surface area contributed by atoms with Gasteiger partial charge in [0, 0.05) is 12.5 Å². The number of carbonyl (C=O) groups is 1. The Morgan fingerprint density at radius 2 is 2.21 bits per heavy atom. The summed E-state index contributed by atoms with van der Waals surface area (Å²) in [5.41, 5.74) is 0. The van der Waals surface area contributed by atoms with Crippen LogP contribution in [-0.2, 0) is 11.2 Å². The number of carboxylic acids is 1. The lowest BCUT2D eigenvalue weighted by molar-refractivity contribution is -0.133. The van der Waals surface area contributed by atoms with Crippen LogP contribution >= 0.6 is 11.8 Å². The van der Waals surface area contributed by atoms with Crippen LogP contribution in [-0.4, -0.2) is 31.6 Å². The van der Waals surface area contributed by atoms with Crippen molar-refractivity contribution in [1.82, 2.24) is 14.8 Å². The number of carboxylic acid groups (broad SMARTS) is 1. The van der Waals surface area contributed by atoms with Crippen LogP contribution in [0.2, 0.25) is 0 Å². The lowest BCUT2D eigenvalue weighted by Crippen LogP contribution is -2.06. The number of aryl methyl sites for hydroxylation is 1. The Labute approximate surface area is 117 Å². The predicted molar refractivity (Wildman–Crippen MR) is 74.4 cm³/mol. The topological polar surface area (TPSA) is 68.0 Å². The highest BCUT2D eigenvalue weighted by Gasteiger charge is 2.40. The second-order valence-corrected chi connectivity index (χ2v) is 6.00. The Morgan fingerprint density at radius 1 is 1.42 bits per heavy atom. The molecule has 2 rings (SSSR count). The van der Waals surface area contributed by atoms with E-state index in [0.717, 1.165) is 29.7 Å². The average Bonchev–Trinajstić information content (AvgIpc) is 3.00. The van der Waals surface area contributed by atoms with Crippen molar-refractivity contribution >= 4 is 17.7 Å². The van der Waals surface area contributed by atoms with Crippen LogP contribution in [0, 0.1) is 5.92 Å². The normalized spacial score (nSPS) is 21.6. The highest BCUT2D eigenvalue weighted by Crippen LogP contribution is 2.48. The van der Waals surface area contributed by atoms with Crippen LogP contribution in [0.5, 0.6) is 0 Å². The van der Waals surface area contributed by atoms with E-state index >= 15 is 0 Å². The zero-order valence-electron chi connectivity index (χ0n) is 11.5. The number of thioether (sulfide) groups is 1. The summed E-state index contributed by atoms with van der Waals surface area (Å²) in [5, 5.41) is 18.0. The van der Waals surface area contributed by atoms with Crippen LogP contribution in [0.3, 0.4) is 0 Å². The zero-order valence-corrected chi connectivity index (χ0v) is 12.3. The summed E-state index contributed by atoms with van der Waals surface area (Å²) in [7, 11) is 0. The summed E-state index contributed by atoms with van der Waals surface area (Å²) in [6, 6.07) is 0.493. The number of hydrogen-bond donors (Lipinski definition) is 1. The van der Waals surface area contributed by atoms with Crippen molar-refractivity contribution in [2.75, 3.05) is 5.75 Å². The predicted octanol–water partition coefficient (Wildman–Crippen LogP) is 2.77. The number of nitrogens with zero attached hydrogens (tertiary/aromatic N) is 3. The number of aliphatic carboxylic acids is 1. The van der Waals surface area contributed by atoms with Gasteiger partial charge in [-0.2, -0.15) is 0 Å². The quantitative estimate of drug-likeness (QED) is 0.743. The lowest BCUT2D eigenvalue weighted by Gasteiger charge is -2.08. The van der Waals surface area contributed by atoms with Gasteiger partial charge < -0.3 is 9.67 Å². The highest BCUT2D eigenvalue weighted by molar-refractivity contribution is 7.99. The summed E-state index contributed by atoms with van der Waals surface area (Å²) >= 11 is 1.28. The molecule has 1 saturated carbocycles. The molecule has 1 aliphatic rings. The fourth-order valence-corrected chi connectivity index (χ4v) is 3.22. The molecule has 2 atom stereocenters. The summed E-state index contributed by atoms with van der Waals surface area (Å²) in [6.07, 6.45) is 5.56. The Morgan fingerprint density at radius 3 is 2.84 bits per heavy atom. The van der Waals surface area contributed by atoms with Gasteiger partial charge in [-0.05, 0) is 25.2 Å². The third-order valence-corrected chi connectivity index (χ3v) is 4.34. The fourth-order valence-electron chi connectivity index (χ4n) is 2.49. The first-order valence-corrected chi connectivity index (χ1v) is 7.94. The molecule has 1 N–H and O–H groups in total. The summed E-state index contributed by atoms with van der Waals surface area (Å²) in [4.78, 5) is 10.7. The molecular formula is C13H21N3O2S. The maximum atomic E-state index is 10.7. The smallest absolute Gasteiger partial charge is 0.313 e. The van der Waals surface area contributed by atoms with E-state index in [-0.39, 0.29) is 5.75 Å². The number of rotatable bonds is 8. The van der Waals surface area contributed by atoms with E-state index in [4.69, 9.17) is 5.11 Å². The Bertz CT molecular complexity index is 447. The molecule has 1 aromatic rings. The molecule has 1 fully saturated rings. The molecule has 0 amide bonds. The monoisotopic (exact) mass is 283 g/mol. The molecule has 1 aromatic heterocycles. The minimum atomic E-state index is -0.808. The minimum Gasteiger partial charge on any atom is -0.481 e. The first-order chi connectivity index (χ1) is 9.17. The van der Waals surface area contributed by atoms with E-state index in [2.05, 4.69) is 28.6 Å². The van der Waals surface area contributed by atoms with Gasteiger partial charge >= 0.3 is 5.97 Å². The van der Waals surface area contributed by atoms with E-state index in [0.29, 0.717) is 6.04 Å². The molecule has 2 unspecified atom stereocenters. The van der Waals surface area contributed by atoms with Crippen LogP contribution in [0.15, 0.2) is 5.16 Å². The van der Waals surface area contributed by atoms with Crippen LogP contribution < -0.4 is 0 Å². The van der Waals surface area contributed by atoms with Crippen molar-refractivity contribution in [2.45, 2.75) is 57.1 Å². The van der Waals surface area contributed by atoms with E-state index in [1.54, 1.807) is 0 Å². The third-order valence-electron chi connectivity index (χ3n) is 3.41. The maximum absolute atomic E-state index is 10.7. The Balaban J connectivity index is 2.12. The van der Waals surface area contributed by atoms with Gasteiger partial charge in [0.15, 0.2) is 5.16 Å². The molecule has 0 spiro atoms. The second kappa shape index (κ2) is 6.41. The Kier molecular flexibility index (Phi) is 4.85. The van der Waals surface area contributed by atoms with Gasteiger partial charge in [0.25, 0.3) is 0 Å². The third kappa shape index (κ3) is 3.49. The fraction of sp³-hybridized carbons (Fsp3) is 0.769. The summed E-state index contributed by atoms with van der Waals surface area (Å²) < 4.78 is 2.19. The molecule has 0 radical (unpaired) electrons. The molecule has 19 heavy (non-hydrogen) atoms. The van der Waals surface area contributed by atoms with E-state index < -0.39 is 5.97 Å². The van der Waals surface area contributed by atoms with E-state index in [1.807, 2.05) is 0 Å². The van der Waals surface area contributed by atoms with Crippen LogP contribution in [0.4, 0.5) is 0 Å². The van der Waals surface area contributed by atoms with Crippen LogP contribution in [0.25, 0.3) is 0 Å². The molecule has 0 aliphatic heterocycles. The number of hydrogen-bond acceptors (Lipinski definition) is 4. The lowest BCUT2D eigenvalue weighted by atomic mass is 10.2. The van der Waals surface area contributed by atoms with Crippen molar-refractivity contribution in [3.8, 4) is 0 Å². The Hall–Kier alpha value is -1.04. The van der Waals surface area contributed by atoms with Crippen molar-refractivity contribution < 1.29 is 9.90 Å². The van der Waals surface area contributed by atoms with E-state index in [9.17, 15) is 4.79 Å². The molecule has 1 aliphatic carbocycles. The molecule has 0 aromatic carbocycles. The van der Waals surface area contributed by atoms with Gasteiger partial charge in [0.05, 0.1) is 5.75 Å². The first kappa shape index (κ1) is 14.4. The SMILES string of the molecule is CCCc1nnc(SCC(=O)O)n1C1CC1CCC. The molecule has 0 bridgehead atoms. The maximum Gasteiger partial charge on any atom is 0.313 e. The van der Waals surface area contributed by atoms with Gasteiger partial charge in [-0.1, -0.05) is 32.0 Å². The van der Waals surface area contributed by atoms with Crippen molar-refractivity contribution in [1.29, 1.82) is 0 Å². The van der Waals surface area contributed by atoms with Gasteiger partial charge in [-0.15, -0.1) is 10.2 Å². The van der Waals surface area contributed by atoms with Gasteiger partial charge in [-0.25, -0.2) is 0 Å². The molecular weight excluding hydrogens is 262 g/mol. The van der Waals surface area contributed by atoms with Gasteiger partial charge in [-0.3, -0.25) is 4.79 Å². The van der Waals surface area contributed by atoms with E-state index in [1.165, 1.54) is 31.0 Å². The molecule has 1 heterocycles. The van der Waals surface area contributed by atoms with Crippen LogP contribution in [0.1, 0.15) is 51.4 Å². The summed E-state index contributed by atoms with van der Waals surface area (Å²) in [5.74, 6) is 0.979. The largest absolute Gasteiger partial charge is 0.481 e. The minimum absolute atomic E-state index is 0.0510. The van der Waals surface area contributed by atoms with Gasteiger partial charge in [0.1, 0.15) is 5.82 Å². The first-order valence-electron chi connectivity index (χ1n) is 6.95. The van der Waals surface area contributed by atoms with Crippen molar-refractivity contribution in [2.24, 2.45) is 5.92 Å². The second-order valence-electron chi connectivity index (χ2n) is 5.05. The highest BCUT2D eigenvalue weighted by atomic mass is 32.2. The standard InChI is InChI=1S/C13H21N3O2S/c1-3-5-9-7-10(9)16-11(6-4-2)14-15-13(16)19-8-12(17)18/h9-10H,3-8H2,1-2H3,(H,17,18). The average molecular weight is 283 g/mol.